The van der Waals surface area contributed by atoms with E-state index >= 15 is 0 Å². The summed E-state index contributed by atoms with van der Waals surface area (Å²) in [6, 6.07) is 23.4. The fraction of sp³-hybridized carbons (Fsp3) is 0.129. The molecule has 0 aromatic heterocycles. The van der Waals surface area contributed by atoms with Crippen molar-refractivity contribution in [3.63, 3.8) is 0 Å². The number of amides is 1. The van der Waals surface area contributed by atoms with E-state index in [4.69, 9.17) is 30.5 Å². The van der Waals surface area contributed by atoms with Crippen molar-refractivity contribution in [3.05, 3.63) is 107 Å². The number of anilines is 1. The molecule has 11 nitrogen and oxygen atoms in total. The smallest absolute Gasteiger partial charge is 0.343 e. The summed E-state index contributed by atoms with van der Waals surface area (Å²) in [5.41, 5.74) is 3.37. The molecular formula is C31H28ClN3O8S. The number of sulfonamides is 1. The third-order valence-corrected chi connectivity index (χ3v) is 8.13. The van der Waals surface area contributed by atoms with Gasteiger partial charge in [0, 0.05) is 11.1 Å². The SMILES string of the molecule is COc1ccc(S(=O)(=O)N(CC(=O)N/N=C\c2ccc(OC(=O)c3ccccc3)cc2)c2cc(Cl)ccc2OC)cc1OC. The molecule has 0 saturated carbocycles. The molecule has 4 rings (SSSR count). The third kappa shape index (κ3) is 7.65. The topological polar surface area (TPSA) is 133 Å². The van der Waals surface area contributed by atoms with Crippen molar-refractivity contribution in [3.8, 4) is 23.0 Å². The van der Waals surface area contributed by atoms with E-state index < -0.39 is 28.4 Å². The number of carbonyl (C=O) groups is 2. The van der Waals surface area contributed by atoms with Gasteiger partial charge in [-0.2, -0.15) is 5.10 Å². The van der Waals surface area contributed by atoms with Crippen LogP contribution in [0, 0.1) is 0 Å². The molecule has 0 bridgehead atoms. The number of hydrogen-bond donors (Lipinski definition) is 1. The van der Waals surface area contributed by atoms with Crippen molar-refractivity contribution in [2.45, 2.75) is 4.90 Å². The highest BCUT2D eigenvalue weighted by atomic mass is 35.5. The molecule has 0 heterocycles. The zero-order chi connectivity index (χ0) is 31.7. The standard InChI is InChI=1S/C31H28ClN3O8S/c1-40-27-15-11-23(32)17-26(27)35(44(38,39)25-14-16-28(41-2)29(18-25)42-3)20-30(36)34-33-19-21-9-12-24(13-10-21)43-31(37)22-7-5-4-6-8-22/h4-19H,20H2,1-3H3,(H,34,36)/b33-19-. The predicted molar refractivity (Wildman–Crippen MR) is 166 cm³/mol. The van der Waals surface area contributed by atoms with Gasteiger partial charge < -0.3 is 18.9 Å². The number of nitrogens with zero attached hydrogens (tertiary/aromatic N) is 2. The van der Waals surface area contributed by atoms with Crippen LogP contribution in [-0.4, -0.2) is 54.4 Å². The molecule has 0 fully saturated rings. The van der Waals surface area contributed by atoms with Crippen LogP contribution >= 0.6 is 11.6 Å². The quantitative estimate of drug-likeness (QED) is 0.100. The largest absolute Gasteiger partial charge is 0.495 e. The van der Waals surface area contributed by atoms with Gasteiger partial charge in [-0.15, -0.1) is 0 Å². The molecule has 228 valence electrons. The summed E-state index contributed by atoms with van der Waals surface area (Å²) in [5.74, 6) is -0.243. The number of benzene rings is 4. The lowest BCUT2D eigenvalue weighted by Crippen LogP contribution is -2.39. The second-order valence-corrected chi connectivity index (χ2v) is 11.3. The molecule has 0 saturated heterocycles. The van der Waals surface area contributed by atoms with Crippen LogP contribution in [0.1, 0.15) is 15.9 Å². The van der Waals surface area contributed by atoms with Crippen molar-refractivity contribution in [1.82, 2.24) is 5.43 Å². The van der Waals surface area contributed by atoms with Crippen molar-refractivity contribution >= 4 is 45.4 Å². The second kappa shape index (κ2) is 14.4. The van der Waals surface area contributed by atoms with Gasteiger partial charge in [0.05, 0.1) is 43.7 Å². The first-order chi connectivity index (χ1) is 21.2. The fourth-order valence-electron chi connectivity index (χ4n) is 3.97. The molecule has 0 unspecified atom stereocenters. The van der Waals surface area contributed by atoms with Crippen LogP contribution in [0.3, 0.4) is 0 Å². The monoisotopic (exact) mass is 637 g/mol. The second-order valence-electron chi connectivity index (χ2n) is 8.96. The minimum atomic E-state index is -4.36. The van der Waals surface area contributed by atoms with E-state index in [0.717, 1.165) is 4.31 Å². The fourth-order valence-corrected chi connectivity index (χ4v) is 5.57. The number of ether oxygens (including phenoxy) is 4. The summed E-state index contributed by atoms with van der Waals surface area (Å²) in [4.78, 5) is 25.1. The molecule has 1 N–H and O–H groups in total. The van der Waals surface area contributed by atoms with E-state index in [9.17, 15) is 18.0 Å². The number of rotatable bonds is 12. The molecule has 0 aliphatic carbocycles. The van der Waals surface area contributed by atoms with Gasteiger partial charge in [-0.1, -0.05) is 29.8 Å². The molecule has 0 spiro atoms. The van der Waals surface area contributed by atoms with Gasteiger partial charge in [-0.05, 0) is 72.3 Å². The van der Waals surface area contributed by atoms with Gasteiger partial charge in [0.15, 0.2) is 11.5 Å². The Balaban J connectivity index is 1.52. The van der Waals surface area contributed by atoms with E-state index in [1.54, 1.807) is 54.6 Å². The Bertz CT molecular complexity index is 1760. The maximum absolute atomic E-state index is 13.9. The average Bonchev–Trinajstić information content (AvgIpc) is 3.04. The van der Waals surface area contributed by atoms with Gasteiger partial charge in [-0.3, -0.25) is 9.10 Å². The molecule has 0 aliphatic rings. The molecule has 0 atom stereocenters. The summed E-state index contributed by atoms with van der Waals surface area (Å²) in [7, 11) is -0.193. The minimum Gasteiger partial charge on any atom is -0.495 e. The van der Waals surface area contributed by atoms with Crippen LogP contribution in [0.4, 0.5) is 5.69 Å². The van der Waals surface area contributed by atoms with E-state index in [2.05, 4.69) is 10.5 Å². The summed E-state index contributed by atoms with van der Waals surface area (Å²) < 4.78 is 49.8. The lowest BCUT2D eigenvalue weighted by Gasteiger charge is -2.25. The highest BCUT2D eigenvalue weighted by Gasteiger charge is 2.30. The third-order valence-electron chi connectivity index (χ3n) is 6.14. The average molecular weight is 638 g/mol. The lowest BCUT2D eigenvalue weighted by molar-refractivity contribution is -0.119. The number of nitrogens with one attached hydrogen (secondary N) is 1. The van der Waals surface area contributed by atoms with Crippen LogP contribution in [0.5, 0.6) is 23.0 Å². The highest BCUT2D eigenvalue weighted by molar-refractivity contribution is 7.92. The maximum atomic E-state index is 13.9. The van der Waals surface area contributed by atoms with Crippen molar-refractivity contribution in [2.75, 3.05) is 32.2 Å². The summed E-state index contributed by atoms with van der Waals surface area (Å²) in [6.07, 6.45) is 1.36. The van der Waals surface area contributed by atoms with Gasteiger partial charge in [0.1, 0.15) is 18.0 Å². The zero-order valence-electron chi connectivity index (χ0n) is 23.9. The van der Waals surface area contributed by atoms with Crippen LogP contribution in [0.2, 0.25) is 5.02 Å². The number of esters is 1. The Morgan fingerprint density at radius 2 is 1.50 bits per heavy atom. The molecular weight excluding hydrogens is 610 g/mol. The molecule has 13 heteroatoms. The van der Waals surface area contributed by atoms with Crippen LogP contribution < -0.4 is 28.7 Å². The van der Waals surface area contributed by atoms with E-state index in [1.165, 1.54) is 63.9 Å². The Kier molecular flexibility index (Phi) is 10.4. The lowest BCUT2D eigenvalue weighted by atomic mass is 10.2. The molecule has 1 amide bonds. The molecule has 0 aliphatic heterocycles. The Hall–Kier alpha value is -5.07. The van der Waals surface area contributed by atoms with Crippen molar-refractivity contribution < 1.29 is 37.0 Å². The van der Waals surface area contributed by atoms with E-state index in [-0.39, 0.29) is 27.1 Å². The number of carbonyl (C=O) groups excluding carboxylic acids is 2. The van der Waals surface area contributed by atoms with Gasteiger partial charge in [0.25, 0.3) is 15.9 Å². The van der Waals surface area contributed by atoms with Crippen molar-refractivity contribution in [2.24, 2.45) is 5.10 Å². The molecule has 44 heavy (non-hydrogen) atoms. The molecule has 4 aromatic rings. The normalized spacial score (nSPS) is 11.1. The first-order valence-corrected chi connectivity index (χ1v) is 14.8. The molecule has 0 radical (unpaired) electrons. The van der Waals surface area contributed by atoms with E-state index in [1.807, 2.05) is 0 Å². The summed E-state index contributed by atoms with van der Waals surface area (Å²) >= 11 is 6.19. The summed E-state index contributed by atoms with van der Waals surface area (Å²) in [6.45, 7) is -0.668. The first kappa shape index (κ1) is 31.9. The van der Waals surface area contributed by atoms with Gasteiger partial charge in [-0.25, -0.2) is 18.6 Å². The van der Waals surface area contributed by atoms with Crippen LogP contribution in [0.15, 0.2) is 101 Å². The number of methoxy groups -OCH3 is 3. The number of hydrazone groups is 1. The number of halogens is 1. The summed E-state index contributed by atoms with van der Waals surface area (Å²) in [5, 5.41) is 4.17. The van der Waals surface area contributed by atoms with Crippen LogP contribution in [-0.2, 0) is 14.8 Å². The Morgan fingerprint density at radius 1 is 0.841 bits per heavy atom. The zero-order valence-corrected chi connectivity index (χ0v) is 25.5. The maximum Gasteiger partial charge on any atom is 0.343 e. The van der Waals surface area contributed by atoms with Gasteiger partial charge in [0.2, 0.25) is 0 Å². The van der Waals surface area contributed by atoms with E-state index in [0.29, 0.717) is 22.6 Å². The first-order valence-electron chi connectivity index (χ1n) is 12.9. The Labute approximate surface area is 259 Å². The molecule has 4 aromatic carbocycles. The van der Waals surface area contributed by atoms with Gasteiger partial charge >= 0.3 is 5.97 Å². The predicted octanol–water partition coefficient (Wildman–Crippen LogP) is 4.93. The highest BCUT2D eigenvalue weighted by Crippen LogP contribution is 2.37. The van der Waals surface area contributed by atoms with Crippen LogP contribution in [0.25, 0.3) is 0 Å². The van der Waals surface area contributed by atoms with Crippen molar-refractivity contribution in [1.29, 1.82) is 0 Å². The number of hydrogen-bond acceptors (Lipinski definition) is 9. The Morgan fingerprint density at radius 3 is 2.16 bits per heavy atom. The minimum absolute atomic E-state index is 0.0366.